The second kappa shape index (κ2) is 8.72. The van der Waals surface area contributed by atoms with Crippen LogP contribution in [0.4, 0.5) is 4.79 Å². The Hall–Kier alpha value is -1.26. The van der Waals surface area contributed by atoms with Crippen LogP contribution in [0.1, 0.15) is 74.1 Å². The lowest BCUT2D eigenvalue weighted by molar-refractivity contribution is -0.158. The standard InChI is InChI=1S/C15H25NO4.C4H10/c1-5-19-13(17)12-10-6-8-11(9-7-10)16(12)14(18)20-15(2,3)4;1-4(2)3/h10-12H,5-9H2,1-4H3;4H,1-3H3. The topological polar surface area (TPSA) is 55.8 Å². The van der Waals surface area contributed by atoms with Crippen molar-refractivity contribution in [2.75, 3.05) is 6.61 Å². The van der Waals surface area contributed by atoms with Crippen molar-refractivity contribution in [2.24, 2.45) is 11.8 Å². The van der Waals surface area contributed by atoms with Crippen LogP contribution in [-0.4, -0.2) is 41.3 Å². The van der Waals surface area contributed by atoms with E-state index in [1.807, 2.05) is 20.8 Å². The van der Waals surface area contributed by atoms with Crippen LogP contribution in [0.2, 0.25) is 0 Å². The van der Waals surface area contributed by atoms with E-state index in [1.165, 1.54) is 0 Å². The van der Waals surface area contributed by atoms with Gasteiger partial charge in [-0.3, -0.25) is 4.90 Å². The maximum atomic E-state index is 12.4. The molecule has 5 heteroatoms. The van der Waals surface area contributed by atoms with Crippen LogP contribution >= 0.6 is 0 Å². The highest BCUT2D eigenvalue weighted by Crippen LogP contribution is 2.40. The number of piperidine rings is 2. The maximum Gasteiger partial charge on any atom is 0.411 e. The molecule has 3 rings (SSSR count). The van der Waals surface area contributed by atoms with Gasteiger partial charge in [-0.15, -0.1) is 0 Å². The van der Waals surface area contributed by atoms with E-state index in [1.54, 1.807) is 11.8 Å². The molecule has 1 aliphatic carbocycles. The van der Waals surface area contributed by atoms with Gasteiger partial charge < -0.3 is 9.47 Å². The molecule has 1 unspecified atom stereocenters. The summed E-state index contributed by atoms with van der Waals surface area (Å²) < 4.78 is 10.6. The summed E-state index contributed by atoms with van der Waals surface area (Å²) >= 11 is 0. The molecule has 1 atom stereocenters. The van der Waals surface area contributed by atoms with E-state index in [2.05, 4.69) is 20.8 Å². The zero-order chi connectivity index (χ0) is 18.5. The highest BCUT2D eigenvalue weighted by Gasteiger charge is 2.49. The highest BCUT2D eigenvalue weighted by molar-refractivity contribution is 5.82. The molecule has 0 aromatic carbocycles. The van der Waals surface area contributed by atoms with Gasteiger partial charge in [0.15, 0.2) is 0 Å². The van der Waals surface area contributed by atoms with Gasteiger partial charge in [0.25, 0.3) is 0 Å². The molecule has 2 aliphatic heterocycles. The van der Waals surface area contributed by atoms with Crippen LogP contribution in [0.3, 0.4) is 0 Å². The molecule has 2 saturated heterocycles. The predicted octanol–water partition coefficient (Wildman–Crippen LogP) is 4.39. The lowest BCUT2D eigenvalue weighted by Gasteiger charge is -2.49. The second-order valence-corrected chi connectivity index (χ2v) is 8.39. The van der Waals surface area contributed by atoms with Crippen LogP contribution in [0, 0.1) is 11.8 Å². The minimum absolute atomic E-state index is 0.115. The molecule has 24 heavy (non-hydrogen) atoms. The summed E-state index contributed by atoms with van der Waals surface area (Å²) in [7, 11) is 0. The number of ether oxygens (including phenoxy) is 2. The van der Waals surface area contributed by atoms with E-state index in [4.69, 9.17) is 9.47 Å². The first-order valence-corrected chi connectivity index (χ1v) is 9.24. The molecule has 3 fully saturated rings. The minimum atomic E-state index is -0.549. The van der Waals surface area contributed by atoms with Crippen molar-refractivity contribution < 1.29 is 19.1 Å². The van der Waals surface area contributed by atoms with Crippen molar-refractivity contribution in [2.45, 2.75) is 91.8 Å². The zero-order valence-corrected chi connectivity index (χ0v) is 16.4. The molecule has 1 saturated carbocycles. The largest absolute Gasteiger partial charge is 0.464 e. The lowest BCUT2D eigenvalue weighted by atomic mass is 9.75. The third-order valence-electron chi connectivity index (χ3n) is 4.01. The van der Waals surface area contributed by atoms with Crippen molar-refractivity contribution in [1.29, 1.82) is 0 Å². The molecular weight excluding hydrogens is 306 g/mol. The number of rotatable bonds is 2. The molecule has 0 aromatic rings. The molecule has 0 N–H and O–H groups in total. The van der Waals surface area contributed by atoms with Gasteiger partial charge in [-0.1, -0.05) is 20.8 Å². The van der Waals surface area contributed by atoms with Crippen LogP contribution in [0.15, 0.2) is 0 Å². The average Bonchev–Trinajstić information content (AvgIpc) is 2.45. The first-order valence-electron chi connectivity index (χ1n) is 9.24. The predicted molar refractivity (Wildman–Crippen MR) is 94.8 cm³/mol. The Balaban J connectivity index is 0.000000648. The molecule has 2 heterocycles. The SMILES string of the molecule is CC(C)C.CCOC(=O)C1C2CCC(CC2)N1C(=O)OC(C)(C)C. The van der Waals surface area contributed by atoms with Gasteiger partial charge in [-0.25, -0.2) is 9.59 Å². The minimum Gasteiger partial charge on any atom is -0.464 e. The summed E-state index contributed by atoms with van der Waals surface area (Å²) in [5, 5.41) is 0. The van der Waals surface area contributed by atoms with Crippen LogP contribution in [-0.2, 0) is 14.3 Å². The zero-order valence-electron chi connectivity index (χ0n) is 16.4. The summed E-state index contributed by atoms with van der Waals surface area (Å²) in [5.41, 5.74) is -0.549. The summed E-state index contributed by atoms with van der Waals surface area (Å²) in [5.74, 6) is 0.763. The third-order valence-corrected chi connectivity index (χ3v) is 4.01. The summed E-state index contributed by atoms with van der Waals surface area (Å²) in [6, 6.07) is -0.346. The van der Waals surface area contributed by atoms with Gasteiger partial charge in [0.05, 0.1) is 6.61 Å². The Labute approximate surface area is 147 Å². The van der Waals surface area contributed by atoms with E-state index < -0.39 is 11.6 Å². The Morgan fingerprint density at radius 3 is 2.00 bits per heavy atom. The van der Waals surface area contributed by atoms with Gasteiger partial charge in [0.1, 0.15) is 11.6 Å². The normalized spacial score (nSPS) is 25.8. The van der Waals surface area contributed by atoms with Gasteiger partial charge in [0.2, 0.25) is 0 Å². The van der Waals surface area contributed by atoms with Gasteiger partial charge >= 0.3 is 12.1 Å². The number of fused-ring (bicyclic) bond motifs is 3. The summed E-state index contributed by atoms with van der Waals surface area (Å²) in [6.45, 7) is 14.1. The second-order valence-electron chi connectivity index (χ2n) is 8.39. The van der Waals surface area contributed by atoms with E-state index in [9.17, 15) is 9.59 Å². The molecular formula is C19H35NO4. The van der Waals surface area contributed by atoms with E-state index in [0.29, 0.717) is 6.61 Å². The molecule has 140 valence electrons. The Kier molecular flexibility index (Phi) is 7.56. The quantitative estimate of drug-likeness (QED) is 0.699. The number of amides is 1. The summed E-state index contributed by atoms with van der Waals surface area (Å²) in [6.07, 6.45) is 3.52. The van der Waals surface area contributed by atoms with Crippen LogP contribution < -0.4 is 0 Å². The van der Waals surface area contributed by atoms with Crippen LogP contribution in [0.5, 0.6) is 0 Å². The van der Waals surface area contributed by atoms with Crippen molar-refractivity contribution in [3.05, 3.63) is 0 Å². The van der Waals surface area contributed by atoms with E-state index in [-0.39, 0.29) is 24.0 Å². The van der Waals surface area contributed by atoms with Crippen LogP contribution in [0.25, 0.3) is 0 Å². The number of carbonyl (C=O) groups excluding carboxylic acids is 2. The first kappa shape index (κ1) is 20.8. The fraction of sp³-hybridized carbons (Fsp3) is 0.895. The molecule has 1 amide bonds. The Morgan fingerprint density at radius 1 is 1.08 bits per heavy atom. The molecule has 2 bridgehead atoms. The smallest absolute Gasteiger partial charge is 0.411 e. The number of carbonyl (C=O) groups is 2. The Morgan fingerprint density at radius 2 is 1.58 bits per heavy atom. The van der Waals surface area contributed by atoms with Crippen molar-refractivity contribution in [3.8, 4) is 0 Å². The van der Waals surface area contributed by atoms with Gasteiger partial charge in [0, 0.05) is 6.04 Å². The van der Waals surface area contributed by atoms with E-state index >= 15 is 0 Å². The highest BCUT2D eigenvalue weighted by atomic mass is 16.6. The van der Waals surface area contributed by atoms with Crippen molar-refractivity contribution >= 4 is 12.1 Å². The number of hydrogen-bond donors (Lipinski definition) is 0. The maximum absolute atomic E-state index is 12.4. The number of hydrogen-bond acceptors (Lipinski definition) is 4. The third kappa shape index (κ3) is 5.99. The Bertz CT molecular complexity index is 417. The average molecular weight is 341 g/mol. The number of nitrogens with zero attached hydrogens (tertiary/aromatic N) is 1. The molecule has 3 aliphatic rings. The number of esters is 1. The fourth-order valence-corrected chi connectivity index (χ4v) is 3.26. The summed E-state index contributed by atoms with van der Waals surface area (Å²) in [4.78, 5) is 26.3. The van der Waals surface area contributed by atoms with Crippen molar-refractivity contribution in [1.82, 2.24) is 4.90 Å². The first-order chi connectivity index (χ1) is 11.1. The molecule has 0 radical (unpaired) electrons. The fourth-order valence-electron chi connectivity index (χ4n) is 3.26. The lowest BCUT2D eigenvalue weighted by Crippen LogP contribution is -2.61. The molecule has 5 nitrogen and oxygen atoms in total. The van der Waals surface area contributed by atoms with E-state index in [0.717, 1.165) is 31.6 Å². The monoisotopic (exact) mass is 341 g/mol. The van der Waals surface area contributed by atoms with Crippen molar-refractivity contribution in [3.63, 3.8) is 0 Å². The molecule has 0 aromatic heterocycles. The molecule has 0 spiro atoms. The van der Waals surface area contributed by atoms with Gasteiger partial charge in [-0.2, -0.15) is 0 Å². The van der Waals surface area contributed by atoms with Gasteiger partial charge in [-0.05, 0) is 65.2 Å².